The predicted octanol–water partition coefficient (Wildman–Crippen LogP) is 2.29. The molecule has 0 aliphatic carbocycles. The highest BCUT2D eigenvalue weighted by Crippen LogP contribution is 2.26. The molecule has 3 aromatic heterocycles. The first-order valence-electron chi connectivity index (χ1n) is 14.1. The van der Waals surface area contributed by atoms with Crippen molar-refractivity contribution in [2.45, 2.75) is 24.6 Å². The van der Waals surface area contributed by atoms with Crippen LogP contribution in [0, 0.1) is 13.7 Å². The molecule has 3 aromatic rings. The molecule has 1 N–H and O–H groups in total. The first-order chi connectivity index (χ1) is 17.9. The number of hydrogen-bond acceptors (Lipinski definition) is 6. The lowest BCUT2D eigenvalue weighted by molar-refractivity contribution is 0.399. The minimum Gasteiger partial charge on any atom is -0.609 e. The van der Waals surface area contributed by atoms with Crippen LogP contribution in [0.3, 0.4) is 0 Å². The number of rotatable bonds is 5. The summed E-state index contributed by atoms with van der Waals surface area (Å²) in [5.74, 6) is -2.93. The number of aromatic amines is 1. The van der Waals surface area contributed by atoms with Gasteiger partial charge in [-0.25, -0.2) is 0 Å². The first-order valence-corrected chi connectivity index (χ1v) is 7.44. The molecule has 0 saturated carbocycles. The molecular weight excluding hydrogens is 328 g/mol. The third kappa shape index (κ3) is 3.02. The van der Waals surface area contributed by atoms with Crippen LogP contribution in [-0.4, -0.2) is 38.6 Å². The van der Waals surface area contributed by atoms with Gasteiger partial charge in [0.05, 0.1) is 37.6 Å². The van der Waals surface area contributed by atoms with Gasteiger partial charge in [-0.2, -0.15) is 9.97 Å². The molecule has 0 fully saturated rings. The Morgan fingerprint density at radius 2 is 2.25 bits per heavy atom. The lowest BCUT2D eigenvalue weighted by atomic mass is 10.1. The highest BCUT2D eigenvalue weighted by atomic mass is 32.2. The average Bonchev–Trinajstić information content (AvgIpc) is 3.03. The van der Waals surface area contributed by atoms with Crippen molar-refractivity contribution in [1.82, 2.24) is 19.9 Å². The fourth-order valence-electron chi connectivity index (χ4n) is 1.74. The summed E-state index contributed by atoms with van der Waals surface area (Å²) >= 11 is -2.54. The Bertz CT molecular complexity index is 1450. The number of methoxy groups -OCH3 is 2. The molecule has 3 rings (SSSR count). The largest absolute Gasteiger partial charge is 0.609 e. The molecule has 0 aliphatic rings. The van der Waals surface area contributed by atoms with E-state index >= 15 is 0 Å². The Labute approximate surface area is 165 Å². The summed E-state index contributed by atoms with van der Waals surface area (Å²) in [5, 5.41) is -0.676. The van der Waals surface area contributed by atoms with E-state index in [0.717, 1.165) is 0 Å². The van der Waals surface area contributed by atoms with Gasteiger partial charge in [0.2, 0.25) is 5.88 Å². The zero-order chi connectivity index (χ0) is 30.7. The van der Waals surface area contributed by atoms with E-state index in [-0.39, 0.29) is 0 Å². The normalized spacial score (nSPS) is 24.2. The molecule has 8 heteroatoms. The summed E-state index contributed by atoms with van der Waals surface area (Å²) in [5.41, 5.74) is -3.82. The van der Waals surface area contributed by atoms with E-state index in [1.54, 1.807) is 0 Å². The number of hydrogen-bond donors (Lipinski definition) is 1. The minimum atomic E-state index is -3.35. The van der Waals surface area contributed by atoms with Crippen LogP contribution >= 0.6 is 0 Å². The summed E-state index contributed by atoms with van der Waals surface area (Å²) in [7, 11) is -6.39. The van der Waals surface area contributed by atoms with Gasteiger partial charge in [0.1, 0.15) is 5.75 Å². The molecule has 0 spiro atoms. The quantitative estimate of drug-likeness (QED) is 0.700. The van der Waals surface area contributed by atoms with Crippen LogP contribution in [0.15, 0.2) is 23.4 Å². The lowest BCUT2D eigenvalue weighted by Crippen LogP contribution is -2.10. The van der Waals surface area contributed by atoms with E-state index < -0.39 is 108 Å². The lowest BCUT2D eigenvalue weighted by Gasteiger charge is -2.13. The smallest absolute Gasteiger partial charge is 0.323 e. The van der Waals surface area contributed by atoms with Gasteiger partial charge in [0, 0.05) is 42.7 Å². The van der Waals surface area contributed by atoms with E-state index in [9.17, 15) is 4.55 Å². The zero-order valence-electron chi connectivity index (χ0n) is 27.6. The molecule has 0 amide bonds. The van der Waals surface area contributed by atoms with Crippen molar-refractivity contribution in [3.63, 3.8) is 0 Å². The Balaban J connectivity index is 2.21. The number of H-pyrrole nitrogens is 1. The number of nitrogens with zero attached hydrogens (tertiary/aromatic N) is 3. The average molecular weight is 363 g/mol. The van der Waals surface area contributed by atoms with Crippen molar-refractivity contribution in [3.8, 4) is 11.6 Å². The first kappa shape index (κ1) is 5.89. The van der Waals surface area contributed by atoms with Crippen molar-refractivity contribution < 1.29 is 36.0 Å². The summed E-state index contributed by atoms with van der Waals surface area (Å²) in [6.45, 7) is -6.50. The fraction of sp³-hybridized carbons (Fsp3) is 0.312. The minimum absolute atomic E-state index is 0.338. The Morgan fingerprint density at radius 3 is 3.04 bits per heavy atom. The van der Waals surface area contributed by atoms with E-state index in [4.69, 9.17) is 26.7 Å². The van der Waals surface area contributed by atoms with Crippen molar-refractivity contribution in [1.29, 1.82) is 0 Å². The maximum Gasteiger partial charge on any atom is 0.323 e. The van der Waals surface area contributed by atoms with Gasteiger partial charge in [-0.05, 0) is 19.7 Å². The van der Waals surface area contributed by atoms with Gasteiger partial charge in [-0.1, -0.05) is 0 Å². The molecule has 0 saturated heterocycles. The van der Waals surface area contributed by atoms with Crippen LogP contribution in [0.5, 0.6) is 11.6 Å². The van der Waals surface area contributed by atoms with Crippen LogP contribution in [0.1, 0.15) is 37.4 Å². The Kier molecular flexibility index (Phi) is 1.63. The second kappa shape index (κ2) is 6.66. The van der Waals surface area contributed by atoms with Gasteiger partial charge < -0.3 is 14.0 Å². The topological polar surface area (TPSA) is 96.0 Å². The van der Waals surface area contributed by atoms with Crippen LogP contribution in [0.4, 0.5) is 0 Å². The molecular formula is C16H18N4O3S. The highest BCUT2D eigenvalue weighted by Gasteiger charge is 2.21. The Hall–Kier alpha value is -2.32. The molecule has 3 heterocycles. The SMILES string of the molecule is [2H]c1nc(C[S+]([O-])c2nc3nc(OC([2H])([2H])[2H])c([2H])c([2H])c3n2[2H])c(C([2H])([2H])[2H])c(OC([2H])([2H])[2H])c1C([2H])([2H])[2H]. The molecule has 24 heavy (non-hydrogen) atoms. The maximum atomic E-state index is 13.3. The van der Waals surface area contributed by atoms with E-state index in [1.807, 2.05) is 0 Å². The van der Waals surface area contributed by atoms with E-state index in [0.29, 0.717) is 4.98 Å². The van der Waals surface area contributed by atoms with E-state index in [2.05, 4.69) is 19.7 Å². The monoisotopic (exact) mass is 362 g/mol. The molecule has 0 aromatic carbocycles. The second-order valence-electron chi connectivity index (χ2n) is 4.29. The summed E-state index contributed by atoms with van der Waals surface area (Å²) in [6.07, 6.45) is -1.07. The van der Waals surface area contributed by atoms with Crippen molar-refractivity contribution in [2.75, 3.05) is 14.1 Å². The van der Waals surface area contributed by atoms with Gasteiger partial charge in [0.15, 0.2) is 12.8 Å². The van der Waals surface area contributed by atoms with Crippen LogP contribution in [0.2, 0.25) is 1.41 Å². The number of nitrogens with one attached hydrogen (secondary N) is 1. The second-order valence-corrected chi connectivity index (χ2v) is 5.63. The molecule has 0 aliphatic heterocycles. The van der Waals surface area contributed by atoms with Gasteiger partial charge >= 0.3 is 5.16 Å². The zero-order valence-corrected chi connectivity index (χ0v) is 12.4. The van der Waals surface area contributed by atoms with Gasteiger partial charge in [-0.3, -0.25) is 9.96 Å². The van der Waals surface area contributed by atoms with Crippen molar-refractivity contribution >= 4 is 22.3 Å². The number of aromatic nitrogens is 4. The summed E-state index contributed by atoms with van der Waals surface area (Å²) < 4.78 is 145. The number of pyridine rings is 2. The molecule has 1 atom stereocenters. The molecule has 0 bridgehead atoms. The number of imidazole rings is 1. The van der Waals surface area contributed by atoms with Crippen LogP contribution < -0.4 is 9.47 Å². The van der Waals surface area contributed by atoms with Crippen LogP contribution in [-0.2, 0) is 16.9 Å². The summed E-state index contributed by atoms with van der Waals surface area (Å²) in [6, 6.07) is -1.56. The fourth-order valence-corrected chi connectivity index (χ4v) is 2.71. The third-order valence-electron chi connectivity index (χ3n) is 2.83. The predicted molar refractivity (Wildman–Crippen MR) is 90.8 cm³/mol. The van der Waals surface area contributed by atoms with Gasteiger partial charge in [-0.15, -0.1) is 0 Å². The molecule has 126 valence electrons. The standard InChI is InChI=1S/C16H18N4O3S/c1-9-7-17-12(10(2)14(9)23-4)8-24(21)16-18-11-5-6-13(22-3)19-15(11)20-16/h5-7H,8H2,1-4H3,(H,18,19,20)/i1D3,2D3,3D3,4D3,5D,6D,7D/hD. The van der Waals surface area contributed by atoms with Crippen molar-refractivity contribution in [3.05, 3.63) is 35.1 Å². The van der Waals surface area contributed by atoms with Crippen LogP contribution in [0.25, 0.3) is 11.2 Å². The van der Waals surface area contributed by atoms with Crippen molar-refractivity contribution in [2.24, 2.45) is 0 Å². The Morgan fingerprint density at radius 1 is 1.33 bits per heavy atom. The van der Waals surface area contributed by atoms with Gasteiger partial charge in [0.25, 0.3) is 0 Å². The highest BCUT2D eigenvalue weighted by molar-refractivity contribution is 7.90. The molecule has 1 unspecified atom stereocenters. The third-order valence-corrected chi connectivity index (χ3v) is 3.96. The van der Waals surface area contributed by atoms with E-state index in [1.165, 1.54) is 0 Å². The number of fused-ring (bicyclic) bond motifs is 1. The summed E-state index contributed by atoms with van der Waals surface area (Å²) in [4.78, 5) is 11.5. The molecule has 7 nitrogen and oxygen atoms in total. The maximum absolute atomic E-state index is 13.3. The molecule has 0 radical (unpaired) electrons. The number of ether oxygens (including phenoxy) is 2.